The van der Waals surface area contributed by atoms with Gasteiger partial charge < -0.3 is 14.8 Å². The van der Waals surface area contributed by atoms with Crippen LogP contribution in [-0.2, 0) is 11.8 Å². The number of rotatable bonds is 2. The fraction of sp³-hybridized carbons (Fsp3) is 0.462. The van der Waals surface area contributed by atoms with E-state index in [9.17, 15) is 14.4 Å². The van der Waals surface area contributed by atoms with Gasteiger partial charge in [-0.2, -0.15) is 0 Å². The molecule has 2 heterocycles. The molecule has 1 fully saturated rings. The molecule has 2 amide bonds. The van der Waals surface area contributed by atoms with Gasteiger partial charge in [-0.05, 0) is 12.5 Å². The Kier molecular flexibility index (Phi) is 3.69. The second kappa shape index (κ2) is 5.26. The lowest BCUT2D eigenvalue weighted by Gasteiger charge is -2.16. The fourth-order valence-corrected chi connectivity index (χ4v) is 2.21. The van der Waals surface area contributed by atoms with E-state index in [1.165, 1.54) is 17.6 Å². The topological polar surface area (TPSA) is 71.4 Å². The maximum absolute atomic E-state index is 12.2. The van der Waals surface area contributed by atoms with Crippen LogP contribution in [0.2, 0.25) is 0 Å². The van der Waals surface area contributed by atoms with E-state index in [-0.39, 0.29) is 23.4 Å². The highest BCUT2D eigenvalue weighted by atomic mass is 16.2. The molecule has 1 atom stereocenters. The maximum Gasteiger partial charge on any atom is 0.254 e. The molecule has 1 N–H and O–H groups in total. The maximum atomic E-state index is 12.2. The summed E-state index contributed by atoms with van der Waals surface area (Å²) in [5.74, 6) is -0.251. The molecule has 2 rings (SSSR count). The van der Waals surface area contributed by atoms with Crippen molar-refractivity contribution >= 4 is 11.8 Å². The third kappa shape index (κ3) is 3.01. The first-order valence-corrected chi connectivity index (χ1v) is 6.20. The van der Waals surface area contributed by atoms with Crippen molar-refractivity contribution in [3.05, 3.63) is 34.2 Å². The van der Waals surface area contributed by atoms with Crippen molar-refractivity contribution in [3.8, 4) is 0 Å². The summed E-state index contributed by atoms with van der Waals surface area (Å²) in [5, 5.41) is 2.80. The van der Waals surface area contributed by atoms with Crippen molar-refractivity contribution < 1.29 is 9.59 Å². The summed E-state index contributed by atoms with van der Waals surface area (Å²) in [5.41, 5.74) is 0.190. The predicted molar refractivity (Wildman–Crippen MR) is 69.8 cm³/mol. The normalized spacial score (nSPS) is 18.4. The van der Waals surface area contributed by atoms with Crippen molar-refractivity contribution in [1.82, 2.24) is 14.8 Å². The molecule has 0 spiro atoms. The fourth-order valence-electron chi connectivity index (χ4n) is 2.21. The van der Waals surface area contributed by atoms with Gasteiger partial charge >= 0.3 is 0 Å². The molecule has 1 aromatic rings. The summed E-state index contributed by atoms with van der Waals surface area (Å²) in [6, 6.07) is 2.98. The summed E-state index contributed by atoms with van der Waals surface area (Å²) in [6.07, 6.45) is 2.33. The van der Waals surface area contributed by atoms with E-state index in [0.29, 0.717) is 18.7 Å². The van der Waals surface area contributed by atoms with Crippen molar-refractivity contribution in [2.75, 3.05) is 13.1 Å². The van der Waals surface area contributed by atoms with Gasteiger partial charge in [0.15, 0.2) is 0 Å². The molecular formula is C13H17N3O3. The molecule has 102 valence electrons. The van der Waals surface area contributed by atoms with Crippen molar-refractivity contribution in [1.29, 1.82) is 0 Å². The standard InChI is InChI=1S/C13H17N3O3/c1-9(17)14-11-4-6-16(8-11)13(19)10-3-5-15(2)12(18)7-10/h3,5,7,11H,4,6,8H2,1-2H3,(H,14,17). The molecule has 1 aliphatic rings. The summed E-state index contributed by atoms with van der Waals surface area (Å²) >= 11 is 0. The molecule has 0 aromatic carbocycles. The summed E-state index contributed by atoms with van der Waals surface area (Å²) < 4.78 is 1.42. The first-order valence-electron chi connectivity index (χ1n) is 6.20. The van der Waals surface area contributed by atoms with Crippen LogP contribution in [0.15, 0.2) is 23.1 Å². The van der Waals surface area contributed by atoms with Crippen molar-refractivity contribution in [2.45, 2.75) is 19.4 Å². The van der Waals surface area contributed by atoms with Gasteiger partial charge in [0.25, 0.3) is 11.5 Å². The van der Waals surface area contributed by atoms with Crippen molar-refractivity contribution in [3.63, 3.8) is 0 Å². The zero-order valence-electron chi connectivity index (χ0n) is 11.0. The minimum atomic E-state index is -0.205. The third-order valence-electron chi connectivity index (χ3n) is 3.23. The van der Waals surface area contributed by atoms with Gasteiger partial charge in [0.2, 0.25) is 5.91 Å². The largest absolute Gasteiger partial charge is 0.352 e. The number of likely N-dealkylation sites (tertiary alicyclic amines) is 1. The third-order valence-corrected chi connectivity index (χ3v) is 3.23. The van der Waals surface area contributed by atoms with E-state index in [2.05, 4.69) is 5.32 Å². The van der Waals surface area contributed by atoms with E-state index in [1.54, 1.807) is 24.2 Å². The smallest absolute Gasteiger partial charge is 0.254 e. The monoisotopic (exact) mass is 263 g/mol. The Morgan fingerprint density at radius 1 is 1.42 bits per heavy atom. The zero-order valence-corrected chi connectivity index (χ0v) is 11.0. The van der Waals surface area contributed by atoms with Crippen LogP contribution < -0.4 is 10.9 Å². The molecule has 0 bridgehead atoms. The molecule has 6 heteroatoms. The number of aryl methyl sites for hydroxylation is 1. The van der Waals surface area contributed by atoms with Gasteiger partial charge in [-0.15, -0.1) is 0 Å². The average molecular weight is 263 g/mol. The molecule has 0 radical (unpaired) electrons. The number of carbonyl (C=O) groups is 2. The highest BCUT2D eigenvalue weighted by molar-refractivity contribution is 5.94. The van der Waals surface area contributed by atoms with E-state index in [4.69, 9.17) is 0 Å². The van der Waals surface area contributed by atoms with E-state index < -0.39 is 0 Å². The molecular weight excluding hydrogens is 246 g/mol. The average Bonchev–Trinajstić information content (AvgIpc) is 2.79. The summed E-state index contributed by atoms with van der Waals surface area (Å²) in [4.78, 5) is 36.3. The van der Waals surface area contributed by atoms with Crippen LogP contribution in [0.1, 0.15) is 23.7 Å². The minimum Gasteiger partial charge on any atom is -0.352 e. The van der Waals surface area contributed by atoms with Crippen LogP contribution in [-0.4, -0.2) is 40.4 Å². The number of amides is 2. The molecule has 1 aromatic heterocycles. The Labute approximate surface area is 111 Å². The summed E-state index contributed by atoms with van der Waals surface area (Å²) in [7, 11) is 1.64. The molecule has 0 aliphatic carbocycles. The van der Waals surface area contributed by atoms with Crippen LogP contribution >= 0.6 is 0 Å². The van der Waals surface area contributed by atoms with Gasteiger partial charge in [-0.25, -0.2) is 0 Å². The lowest BCUT2D eigenvalue weighted by atomic mass is 10.2. The first kappa shape index (κ1) is 13.3. The number of nitrogens with one attached hydrogen (secondary N) is 1. The number of hydrogen-bond donors (Lipinski definition) is 1. The minimum absolute atomic E-state index is 0.00740. The first-order chi connectivity index (χ1) is 8.97. The van der Waals surface area contributed by atoms with Gasteiger partial charge in [-0.1, -0.05) is 0 Å². The molecule has 1 saturated heterocycles. The SMILES string of the molecule is CC(=O)NC1CCN(C(=O)c2ccn(C)c(=O)c2)C1. The Hall–Kier alpha value is -2.11. The molecule has 1 aliphatic heterocycles. The lowest BCUT2D eigenvalue weighted by molar-refractivity contribution is -0.119. The second-order valence-corrected chi connectivity index (χ2v) is 4.80. The number of hydrogen-bond acceptors (Lipinski definition) is 3. The number of pyridine rings is 1. The van der Waals surface area contributed by atoms with Gasteiger partial charge in [0, 0.05) is 50.9 Å². The zero-order chi connectivity index (χ0) is 14.0. The second-order valence-electron chi connectivity index (χ2n) is 4.80. The number of aromatic nitrogens is 1. The Morgan fingerprint density at radius 3 is 2.79 bits per heavy atom. The van der Waals surface area contributed by atoms with E-state index in [1.807, 2.05) is 0 Å². The lowest BCUT2D eigenvalue weighted by Crippen LogP contribution is -2.37. The van der Waals surface area contributed by atoms with Crippen molar-refractivity contribution in [2.24, 2.45) is 7.05 Å². The molecule has 1 unspecified atom stereocenters. The van der Waals surface area contributed by atoms with Crippen LogP contribution in [0.25, 0.3) is 0 Å². The Balaban J connectivity index is 2.07. The summed E-state index contributed by atoms with van der Waals surface area (Å²) in [6.45, 7) is 2.55. The highest BCUT2D eigenvalue weighted by Crippen LogP contribution is 2.12. The van der Waals surface area contributed by atoms with Gasteiger partial charge in [-0.3, -0.25) is 14.4 Å². The van der Waals surface area contributed by atoms with Crippen LogP contribution in [0.4, 0.5) is 0 Å². The van der Waals surface area contributed by atoms with Crippen LogP contribution in [0.5, 0.6) is 0 Å². The number of nitrogens with zero attached hydrogens (tertiary/aromatic N) is 2. The number of carbonyl (C=O) groups excluding carboxylic acids is 2. The molecule has 19 heavy (non-hydrogen) atoms. The highest BCUT2D eigenvalue weighted by Gasteiger charge is 2.27. The predicted octanol–water partition coefficient (Wildman–Crippen LogP) is -0.264. The van der Waals surface area contributed by atoms with E-state index >= 15 is 0 Å². The van der Waals surface area contributed by atoms with Crippen LogP contribution in [0, 0.1) is 0 Å². The quantitative estimate of drug-likeness (QED) is 0.799. The van der Waals surface area contributed by atoms with Gasteiger partial charge in [0.1, 0.15) is 0 Å². The molecule has 6 nitrogen and oxygen atoms in total. The van der Waals surface area contributed by atoms with Crippen LogP contribution in [0.3, 0.4) is 0 Å². The van der Waals surface area contributed by atoms with E-state index in [0.717, 1.165) is 6.42 Å². The molecule has 0 saturated carbocycles. The van der Waals surface area contributed by atoms with Gasteiger partial charge in [0.05, 0.1) is 0 Å². The Bertz CT molecular complexity index is 564. The Morgan fingerprint density at radius 2 is 2.16 bits per heavy atom.